The first-order valence-corrected chi connectivity index (χ1v) is 11.1. The summed E-state index contributed by atoms with van der Waals surface area (Å²) in [6.45, 7) is 1.93. The van der Waals surface area contributed by atoms with Crippen LogP contribution < -0.4 is 11.4 Å². The molecule has 0 spiro atoms. The second-order valence-corrected chi connectivity index (χ2v) is 8.20. The van der Waals surface area contributed by atoms with Gasteiger partial charge in [-0.25, -0.2) is 19.4 Å². The number of aromatic nitrogens is 5. The molecule has 2 N–H and O–H groups in total. The molecule has 0 aliphatic heterocycles. The summed E-state index contributed by atoms with van der Waals surface area (Å²) in [7, 11) is 0. The molecule has 8 heteroatoms. The maximum atomic E-state index is 13.0. The molecule has 0 radical (unpaired) electrons. The Labute approximate surface area is 199 Å². The van der Waals surface area contributed by atoms with E-state index in [0.29, 0.717) is 33.7 Å². The molecule has 2 aromatic carbocycles. The summed E-state index contributed by atoms with van der Waals surface area (Å²) < 4.78 is 7.72. The molecule has 35 heavy (non-hydrogen) atoms. The normalized spacial score (nSPS) is 12.3. The maximum Gasteiger partial charge on any atom is 0.343 e. The van der Waals surface area contributed by atoms with E-state index in [9.17, 15) is 4.79 Å². The van der Waals surface area contributed by atoms with Gasteiger partial charge in [0.2, 0.25) is 0 Å². The van der Waals surface area contributed by atoms with Gasteiger partial charge in [-0.15, -0.1) is 0 Å². The highest BCUT2D eigenvalue weighted by Gasteiger charge is 2.26. The van der Waals surface area contributed by atoms with E-state index in [4.69, 9.17) is 15.2 Å². The Kier molecular flexibility index (Phi) is 4.84. The van der Waals surface area contributed by atoms with Crippen LogP contribution in [0.4, 0.5) is 5.82 Å². The fourth-order valence-corrected chi connectivity index (χ4v) is 4.50. The summed E-state index contributed by atoms with van der Waals surface area (Å²) in [6.07, 6.45) is 4.80. The van der Waals surface area contributed by atoms with E-state index < -0.39 is 11.7 Å². The van der Waals surface area contributed by atoms with Crippen LogP contribution >= 0.6 is 0 Å². The van der Waals surface area contributed by atoms with E-state index in [2.05, 4.69) is 15.0 Å². The zero-order chi connectivity index (χ0) is 23.9. The highest BCUT2D eigenvalue weighted by Crippen LogP contribution is 2.38. The van der Waals surface area contributed by atoms with Gasteiger partial charge >= 0.3 is 5.63 Å². The average molecular weight is 460 g/mol. The number of nitrogens with two attached hydrogens (primary N) is 1. The summed E-state index contributed by atoms with van der Waals surface area (Å²) in [5.74, 6) is 0.811. The van der Waals surface area contributed by atoms with Gasteiger partial charge in [-0.1, -0.05) is 48.5 Å². The van der Waals surface area contributed by atoms with E-state index in [1.54, 1.807) is 23.1 Å². The minimum atomic E-state index is -0.477. The van der Waals surface area contributed by atoms with Crippen molar-refractivity contribution in [2.24, 2.45) is 0 Å². The predicted octanol–water partition coefficient (Wildman–Crippen LogP) is 4.85. The second-order valence-electron chi connectivity index (χ2n) is 8.20. The smallest absolute Gasteiger partial charge is 0.343 e. The third-order valence-electron chi connectivity index (χ3n) is 6.15. The predicted molar refractivity (Wildman–Crippen MR) is 135 cm³/mol. The number of benzene rings is 2. The molecule has 1 atom stereocenters. The van der Waals surface area contributed by atoms with Crippen LogP contribution in [0.1, 0.15) is 18.7 Å². The zero-order valence-electron chi connectivity index (χ0n) is 18.8. The maximum absolute atomic E-state index is 13.0. The summed E-state index contributed by atoms with van der Waals surface area (Å²) in [5.41, 5.74) is 9.67. The van der Waals surface area contributed by atoms with Crippen molar-refractivity contribution in [1.82, 2.24) is 24.7 Å². The van der Waals surface area contributed by atoms with Crippen LogP contribution in [0.3, 0.4) is 0 Å². The molecule has 0 saturated carbocycles. The monoisotopic (exact) mass is 460 g/mol. The van der Waals surface area contributed by atoms with E-state index in [1.807, 2.05) is 67.6 Å². The molecular formula is C27H20N6O2. The van der Waals surface area contributed by atoms with Gasteiger partial charge in [-0.3, -0.25) is 4.98 Å². The number of hydrogen-bond acceptors (Lipinski definition) is 7. The first kappa shape index (κ1) is 20.7. The molecule has 6 rings (SSSR count). The molecule has 4 heterocycles. The first-order valence-electron chi connectivity index (χ1n) is 11.1. The minimum Gasteiger partial charge on any atom is -0.424 e. The largest absolute Gasteiger partial charge is 0.424 e. The number of nitrogen functional groups attached to an aromatic ring is 1. The first-order chi connectivity index (χ1) is 17.1. The van der Waals surface area contributed by atoms with E-state index in [0.717, 1.165) is 22.1 Å². The lowest BCUT2D eigenvalue weighted by atomic mass is 9.96. The van der Waals surface area contributed by atoms with Crippen molar-refractivity contribution in [2.75, 3.05) is 5.73 Å². The van der Waals surface area contributed by atoms with Crippen molar-refractivity contribution in [1.29, 1.82) is 0 Å². The van der Waals surface area contributed by atoms with Gasteiger partial charge < -0.3 is 10.2 Å². The Morgan fingerprint density at radius 1 is 0.886 bits per heavy atom. The van der Waals surface area contributed by atoms with Crippen molar-refractivity contribution in [2.45, 2.75) is 13.0 Å². The number of fused-ring (bicyclic) bond motifs is 2. The van der Waals surface area contributed by atoms with Gasteiger partial charge in [-0.05, 0) is 30.7 Å². The van der Waals surface area contributed by atoms with Gasteiger partial charge in [0.25, 0.3) is 0 Å². The standard InChI is InChI=1S/C27H20N6O2/c1-16(33-26-22(25(28)30-15-31-26)23(32-33)18-11-13-29-14-12-18)24-21(17-7-3-2-4-8-17)19-9-5-6-10-20(19)27(34)35-24/h2-16H,1H3,(H2,28,30,31). The van der Waals surface area contributed by atoms with Crippen molar-refractivity contribution in [3.05, 3.63) is 102 Å². The molecule has 1 unspecified atom stereocenters. The number of pyridine rings is 1. The molecule has 0 bridgehead atoms. The van der Waals surface area contributed by atoms with Crippen molar-refractivity contribution < 1.29 is 4.42 Å². The van der Waals surface area contributed by atoms with Crippen LogP contribution in [0.2, 0.25) is 0 Å². The highest BCUT2D eigenvalue weighted by atomic mass is 16.4. The Balaban J connectivity index is 1.65. The molecule has 0 amide bonds. The SMILES string of the molecule is CC(c1oc(=O)c2ccccc2c1-c1ccccc1)n1nc(-c2ccncc2)c2c(N)ncnc21. The van der Waals surface area contributed by atoms with Gasteiger partial charge in [0.15, 0.2) is 5.65 Å². The Bertz CT molecular complexity index is 1740. The van der Waals surface area contributed by atoms with E-state index in [1.165, 1.54) is 6.33 Å². The third-order valence-corrected chi connectivity index (χ3v) is 6.15. The summed E-state index contributed by atoms with van der Waals surface area (Å²) in [4.78, 5) is 25.8. The lowest BCUT2D eigenvalue weighted by Crippen LogP contribution is -2.14. The molecular weight excluding hydrogens is 440 g/mol. The van der Waals surface area contributed by atoms with Gasteiger partial charge in [0.05, 0.1) is 10.8 Å². The Morgan fingerprint density at radius 3 is 2.37 bits per heavy atom. The molecule has 170 valence electrons. The molecule has 0 fully saturated rings. The van der Waals surface area contributed by atoms with Crippen LogP contribution in [-0.2, 0) is 0 Å². The number of anilines is 1. The van der Waals surface area contributed by atoms with Crippen molar-refractivity contribution in [3.8, 4) is 22.4 Å². The highest BCUT2D eigenvalue weighted by molar-refractivity contribution is 5.99. The van der Waals surface area contributed by atoms with E-state index in [-0.39, 0.29) is 0 Å². The summed E-state index contributed by atoms with van der Waals surface area (Å²) in [5, 5.41) is 6.86. The summed E-state index contributed by atoms with van der Waals surface area (Å²) in [6, 6.07) is 20.6. The zero-order valence-corrected chi connectivity index (χ0v) is 18.8. The molecule has 4 aromatic heterocycles. The second kappa shape index (κ2) is 8.18. The van der Waals surface area contributed by atoms with Gasteiger partial charge in [0.1, 0.15) is 29.6 Å². The molecule has 0 aliphatic rings. The molecule has 8 nitrogen and oxygen atoms in total. The molecule has 6 aromatic rings. The van der Waals surface area contributed by atoms with Crippen LogP contribution in [0.15, 0.2) is 94.7 Å². The topological polar surface area (TPSA) is 113 Å². The van der Waals surface area contributed by atoms with Crippen LogP contribution in [0.5, 0.6) is 0 Å². The summed E-state index contributed by atoms with van der Waals surface area (Å²) >= 11 is 0. The Morgan fingerprint density at radius 2 is 1.60 bits per heavy atom. The minimum absolute atomic E-state index is 0.323. The van der Waals surface area contributed by atoms with Gasteiger partial charge in [-0.2, -0.15) is 5.10 Å². The van der Waals surface area contributed by atoms with Gasteiger partial charge in [0, 0.05) is 28.9 Å². The van der Waals surface area contributed by atoms with E-state index >= 15 is 0 Å². The quantitative estimate of drug-likeness (QED) is 0.400. The number of hydrogen-bond donors (Lipinski definition) is 1. The fourth-order valence-electron chi connectivity index (χ4n) is 4.50. The third kappa shape index (κ3) is 3.34. The lowest BCUT2D eigenvalue weighted by molar-refractivity contribution is 0.405. The van der Waals surface area contributed by atoms with Crippen LogP contribution in [-0.4, -0.2) is 24.7 Å². The average Bonchev–Trinajstić information content (AvgIpc) is 3.30. The fraction of sp³-hybridized carbons (Fsp3) is 0.0741. The number of nitrogens with zero attached hydrogens (tertiary/aromatic N) is 5. The number of rotatable bonds is 4. The van der Waals surface area contributed by atoms with Crippen molar-refractivity contribution >= 4 is 27.6 Å². The Hall–Kier alpha value is -4.85. The molecule has 0 aliphatic carbocycles. The molecule has 0 saturated heterocycles. The lowest BCUT2D eigenvalue weighted by Gasteiger charge is -2.18. The van der Waals surface area contributed by atoms with Crippen molar-refractivity contribution in [3.63, 3.8) is 0 Å². The van der Waals surface area contributed by atoms with Crippen LogP contribution in [0.25, 0.3) is 44.2 Å². The van der Waals surface area contributed by atoms with Crippen LogP contribution in [0, 0.1) is 0 Å².